The summed E-state index contributed by atoms with van der Waals surface area (Å²) in [6, 6.07) is 1.26. The highest BCUT2D eigenvalue weighted by atomic mass is 31.3. The highest BCUT2D eigenvalue weighted by Crippen LogP contribution is 2.66. The standard InChI is InChI=1S/C9H17N4O13P3/c10-6-1-2-13(8(15)12-6)7-3-5(14)9(11,24-7)4-23-28(19,20)26-29(21,22)25-27(16,17)18/h1-2,5,7,14H,3-4,11H2,(H,19,20)(H,21,22)(H2,10,12,15)(H2,16,17,18)/t5-,7+,9+/m0/s1. The van der Waals surface area contributed by atoms with E-state index in [1.54, 1.807) is 0 Å². The zero-order chi connectivity index (χ0) is 22.3. The third kappa shape index (κ3) is 6.73. The Hall–Kier alpha value is -1.03. The van der Waals surface area contributed by atoms with Crippen molar-refractivity contribution in [3.05, 3.63) is 22.7 Å². The molecule has 17 nitrogen and oxygen atoms in total. The number of phosphoric acid groups is 3. The quantitative estimate of drug-likeness (QED) is 0.199. The van der Waals surface area contributed by atoms with Gasteiger partial charge in [-0.05, 0) is 6.07 Å². The van der Waals surface area contributed by atoms with Gasteiger partial charge in [0.15, 0.2) is 5.72 Å². The number of aliphatic hydroxyl groups excluding tert-OH is 1. The molecule has 0 spiro atoms. The lowest BCUT2D eigenvalue weighted by molar-refractivity contribution is -0.122. The highest BCUT2D eigenvalue weighted by molar-refractivity contribution is 7.66. The number of nitrogens with two attached hydrogens (primary N) is 2. The van der Waals surface area contributed by atoms with Crippen molar-refractivity contribution in [2.24, 2.45) is 5.73 Å². The van der Waals surface area contributed by atoms with Crippen LogP contribution in [0.4, 0.5) is 5.82 Å². The largest absolute Gasteiger partial charge is 0.490 e. The van der Waals surface area contributed by atoms with Gasteiger partial charge in [-0.1, -0.05) is 0 Å². The van der Waals surface area contributed by atoms with Crippen molar-refractivity contribution < 1.29 is 56.3 Å². The van der Waals surface area contributed by atoms with Crippen LogP contribution in [0, 0.1) is 0 Å². The Morgan fingerprint density at radius 3 is 2.41 bits per heavy atom. The molecular formula is C9H17N4O13P3. The summed E-state index contributed by atoms with van der Waals surface area (Å²) in [6.45, 7) is -1.11. The first-order valence-electron chi connectivity index (χ1n) is 7.30. The predicted octanol–water partition coefficient (Wildman–Crippen LogP) is -1.90. The maximum Gasteiger partial charge on any atom is 0.490 e. The second kappa shape index (κ2) is 8.24. The molecule has 5 atom stereocenters. The molecule has 0 radical (unpaired) electrons. The number of anilines is 1. The molecule has 1 aromatic rings. The second-order valence-electron chi connectivity index (χ2n) is 5.69. The van der Waals surface area contributed by atoms with Gasteiger partial charge in [0, 0.05) is 12.6 Å². The van der Waals surface area contributed by atoms with Crippen LogP contribution < -0.4 is 17.2 Å². The Morgan fingerprint density at radius 1 is 1.24 bits per heavy atom. The number of aromatic nitrogens is 2. The summed E-state index contributed by atoms with van der Waals surface area (Å²) < 4.78 is 51.2. The molecule has 1 aliphatic rings. The van der Waals surface area contributed by atoms with Crippen molar-refractivity contribution in [3.63, 3.8) is 0 Å². The Labute approximate surface area is 161 Å². The molecule has 20 heteroatoms. The van der Waals surface area contributed by atoms with E-state index in [1.165, 1.54) is 12.3 Å². The fourth-order valence-corrected chi connectivity index (χ4v) is 5.26. The summed E-state index contributed by atoms with van der Waals surface area (Å²) >= 11 is 0. The molecule has 0 amide bonds. The van der Waals surface area contributed by atoms with E-state index in [0.29, 0.717) is 0 Å². The van der Waals surface area contributed by atoms with Crippen molar-refractivity contribution in [1.29, 1.82) is 0 Å². The van der Waals surface area contributed by atoms with E-state index >= 15 is 0 Å². The summed E-state index contributed by atoms with van der Waals surface area (Å²) in [4.78, 5) is 50.7. The van der Waals surface area contributed by atoms with E-state index in [2.05, 4.69) is 18.1 Å². The van der Waals surface area contributed by atoms with Crippen LogP contribution in [-0.2, 0) is 31.6 Å². The molecule has 2 unspecified atom stereocenters. The van der Waals surface area contributed by atoms with Gasteiger partial charge in [-0.2, -0.15) is 13.6 Å². The molecule has 0 aromatic carbocycles. The van der Waals surface area contributed by atoms with Crippen molar-refractivity contribution in [1.82, 2.24) is 9.55 Å². The first kappa shape index (κ1) is 24.2. The second-order valence-corrected chi connectivity index (χ2v) is 10.1. The van der Waals surface area contributed by atoms with Crippen LogP contribution in [0.5, 0.6) is 0 Å². The Kier molecular flexibility index (Phi) is 6.89. The van der Waals surface area contributed by atoms with Crippen LogP contribution in [0.15, 0.2) is 17.1 Å². The Morgan fingerprint density at radius 2 is 1.86 bits per heavy atom. The normalized spacial score (nSPS) is 29.3. The molecule has 1 fully saturated rings. The molecule has 0 saturated carbocycles. The molecule has 9 N–H and O–H groups in total. The third-order valence-electron chi connectivity index (χ3n) is 3.38. The molecule has 0 aliphatic carbocycles. The van der Waals surface area contributed by atoms with Gasteiger partial charge < -0.3 is 35.2 Å². The van der Waals surface area contributed by atoms with E-state index in [0.717, 1.165) is 4.57 Å². The predicted molar refractivity (Wildman–Crippen MR) is 90.4 cm³/mol. The smallest absolute Gasteiger partial charge is 0.388 e. The van der Waals surface area contributed by atoms with E-state index in [-0.39, 0.29) is 12.2 Å². The molecule has 1 aliphatic heterocycles. The molecule has 1 aromatic heterocycles. The summed E-state index contributed by atoms with van der Waals surface area (Å²) in [5.41, 5.74) is 8.09. The van der Waals surface area contributed by atoms with Crippen LogP contribution in [0.3, 0.4) is 0 Å². The zero-order valence-electron chi connectivity index (χ0n) is 14.1. The van der Waals surface area contributed by atoms with Gasteiger partial charge in [0.1, 0.15) is 24.8 Å². The number of rotatable bonds is 8. The number of hydrogen-bond acceptors (Lipinski definition) is 12. The molecule has 0 bridgehead atoms. The Bertz CT molecular complexity index is 963. The highest BCUT2D eigenvalue weighted by Gasteiger charge is 2.49. The molecule has 1 saturated heterocycles. The number of phosphoric ester groups is 1. The van der Waals surface area contributed by atoms with Gasteiger partial charge in [0.25, 0.3) is 0 Å². The van der Waals surface area contributed by atoms with E-state index < -0.39 is 53.8 Å². The minimum Gasteiger partial charge on any atom is -0.388 e. The average molecular weight is 482 g/mol. The summed E-state index contributed by atoms with van der Waals surface area (Å²) in [6.07, 6.45) is -1.79. The van der Waals surface area contributed by atoms with Gasteiger partial charge >= 0.3 is 29.2 Å². The monoisotopic (exact) mass is 482 g/mol. The number of ether oxygens (including phenoxy) is 1. The van der Waals surface area contributed by atoms with Gasteiger partial charge in [0.2, 0.25) is 0 Å². The van der Waals surface area contributed by atoms with Gasteiger partial charge in [-0.15, -0.1) is 0 Å². The molecule has 166 valence electrons. The minimum absolute atomic E-state index is 0.0727. The SMILES string of the molecule is Nc1ccn([C@H]2C[C@H](O)[C@@](N)(COP(=O)(O)OP(=O)(O)OP(=O)(O)O)O2)c(=O)n1. The average Bonchev–Trinajstić information content (AvgIpc) is 2.77. The van der Waals surface area contributed by atoms with Gasteiger partial charge in [-0.25, -0.2) is 18.5 Å². The maximum atomic E-state index is 11.8. The molecule has 2 rings (SSSR count). The van der Waals surface area contributed by atoms with Crippen LogP contribution >= 0.6 is 23.5 Å². The van der Waals surface area contributed by atoms with Gasteiger partial charge in [-0.3, -0.25) is 14.8 Å². The lowest BCUT2D eigenvalue weighted by atomic mass is 10.1. The van der Waals surface area contributed by atoms with Crippen molar-refractivity contribution in [3.8, 4) is 0 Å². The van der Waals surface area contributed by atoms with Gasteiger partial charge in [0.05, 0.1) is 0 Å². The summed E-state index contributed by atoms with van der Waals surface area (Å²) in [5, 5.41) is 10.1. The number of hydrogen-bond donors (Lipinski definition) is 7. The maximum absolute atomic E-state index is 11.8. The van der Waals surface area contributed by atoms with Crippen LogP contribution in [0.1, 0.15) is 12.6 Å². The van der Waals surface area contributed by atoms with Crippen molar-refractivity contribution in [2.45, 2.75) is 24.5 Å². The van der Waals surface area contributed by atoms with E-state index in [1.807, 2.05) is 0 Å². The number of nitrogens with zero attached hydrogens (tertiary/aromatic N) is 2. The summed E-state index contributed by atoms with van der Waals surface area (Å²) in [5.74, 6) is -0.0727. The fraction of sp³-hybridized carbons (Fsp3) is 0.556. The fourth-order valence-electron chi connectivity index (χ4n) is 2.20. The van der Waals surface area contributed by atoms with Crippen LogP contribution in [0.25, 0.3) is 0 Å². The van der Waals surface area contributed by atoms with Crippen LogP contribution in [0.2, 0.25) is 0 Å². The molecule has 2 heterocycles. The topological polar surface area (TPSA) is 276 Å². The molecule has 29 heavy (non-hydrogen) atoms. The first-order valence-corrected chi connectivity index (χ1v) is 11.8. The third-order valence-corrected chi connectivity index (χ3v) is 7.16. The lowest BCUT2D eigenvalue weighted by Gasteiger charge is -2.28. The number of nitrogen functional groups attached to an aromatic ring is 1. The van der Waals surface area contributed by atoms with E-state index in [4.69, 9.17) is 30.9 Å². The summed E-state index contributed by atoms with van der Waals surface area (Å²) in [7, 11) is -16.7. The zero-order valence-corrected chi connectivity index (χ0v) is 16.8. The van der Waals surface area contributed by atoms with E-state index in [9.17, 15) is 28.5 Å². The minimum atomic E-state index is -5.72. The lowest BCUT2D eigenvalue weighted by Crippen LogP contribution is -2.52. The molecular weight excluding hydrogens is 465 g/mol. The first-order chi connectivity index (χ1) is 13.0. The Balaban J connectivity index is 2.07. The van der Waals surface area contributed by atoms with Crippen LogP contribution in [-0.4, -0.2) is 52.7 Å². The number of aliphatic hydroxyl groups is 1. The van der Waals surface area contributed by atoms with Crippen molar-refractivity contribution in [2.75, 3.05) is 12.3 Å². The van der Waals surface area contributed by atoms with Crippen molar-refractivity contribution >= 4 is 29.3 Å².